The number of methoxy groups -OCH3 is 1. The number of halogens is 1. The summed E-state index contributed by atoms with van der Waals surface area (Å²) in [5.41, 5.74) is 1.21. The first-order valence-corrected chi connectivity index (χ1v) is 9.79. The number of hydrogen-bond acceptors (Lipinski definition) is 5. The molecule has 1 aliphatic heterocycles. The zero-order valence-corrected chi connectivity index (χ0v) is 17.2. The van der Waals surface area contributed by atoms with E-state index in [0.29, 0.717) is 22.6 Å². The van der Waals surface area contributed by atoms with Gasteiger partial charge in [0.1, 0.15) is 17.3 Å². The topological polar surface area (TPSA) is 87.1 Å². The number of rotatable bonds is 4. The first-order valence-electron chi connectivity index (χ1n) is 9.41. The fraction of sp³-hybridized carbons (Fsp3) is 0.0833. The Morgan fingerprint density at radius 1 is 1.00 bits per heavy atom. The molecule has 0 aliphatic carbocycles. The number of nitrogens with zero attached hydrogens (tertiary/aromatic N) is 1. The average Bonchev–Trinajstić information content (AvgIpc) is 3.06. The molecule has 7 heteroatoms. The highest BCUT2D eigenvalue weighted by atomic mass is 35.5. The summed E-state index contributed by atoms with van der Waals surface area (Å²) in [4.78, 5) is 27.5. The summed E-state index contributed by atoms with van der Waals surface area (Å²) in [6.07, 6.45) is 0. The lowest BCUT2D eigenvalue weighted by molar-refractivity contribution is -0.132. The van der Waals surface area contributed by atoms with Crippen molar-refractivity contribution in [2.45, 2.75) is 6.04 Å². The van der Waals surface area contributed by atoms with Crippen LogP contribution in [-0.2, 0) is 9.59 Å². The number of hydrogen-bond donors (Lipinski definition) is 2. The largest absolute Gasteiger partial charge is 0.507 e. The quantitative estimate of drug-likeness (QED) is 0.353. The number of ketones is 1. The molecule has 1 fully saturated rings. The lowest BCUT2D eigenvalue weighted by atomic mass is 9.95. The van der Waals surface area contributed by atoms with E-state index in [1.165, 1.54) is 24.1 Å². The lowest BCUT2D eigenvalue weighted by Gasteiger charge is -2.26. The number of phenols is 1. The summed E-state index contributed by atoms with van der Waals surface area (Å²) in [7, 11) is 1.50. The molecular weight excluding hydrogens is 418 g/mol. The number of aliphatic hydroxyl groups is 1. The molecule has 156 valence electrons. The van der Waals surface area contributed by atoms with Crippen LogP contribution in [0.1, 0.15) is 17.2 Å². The minimum absolute atomic E-state index is 0.0634. The van der Waals surface area contributed by atoms with E-state index in [9.17, 15) is 19.8 Å². The summed E-state index contributed by atoms with van der Waals surface area (Å²) in [5, 5.41) is 20.9. The molecule has 6 nitrogen and oxygen atoms in total. The van der Waals surface area contributed by atoms with Crippen LogP contribution in [0.5, 0.6) is 11.5 Å². The highest BCUT2D eigenvalue weighted by molar-refractivity contribution is 6.51. The molecule has 0 spiro atoms. The molecule has 0 bridgehead atoms. The van der Waals surface area contributed by atoms with Crippen LogP contribution in [0.4, 0.5) is 5.69 Å². The number of ether oxygens (including phenoxy) is 1. The van der Waals surface area contributed by atoms with E-state index in [4.69, 9.17) is 16.3 Å². The van der Waals surface area contributed by atoms with E-state index in [1.54, 1.807) is 60.7 Å². The van der Waals surface area contributed by atoms with Crippen LogP contribution in [0, 0.1) is 0 Å². The molecule has 1 heterocycles. The smallest absolute Gasteiger partial charge is 0.300 e. The molecule has 2 N–H and O–H groups in total. The van der Waals surface area contributed by atoms with Gasteiger partial charge in [0.15, 0.2) is 0 Å². The molecule has 1 atom stereocenters. The van der Waals surface area contributed by atoms with E-state index in [2.05, 4.69) is 0 Å². The standard InChI is InChI=1S/C24H18ClNO5/c1-31-17-9-5-8-16(13-17)26-21(15-10-11-19(27)18(25)12-15)20(23(29)24(26)30)22(28)14-6-3-2-4-7-14/h2-13,21,27-28H,1H3/b22-20-. The van der Waals surface area contributed by atoms with Crippen molar-refractivity contribution in [2.75, 3.05) is 12.0 Å². The molecule has 31 heavy (non-hydrogen) atoms. The summed E-state index contributed by atoms with van der Waals surface area (Å²) >= 11 is 6.11. The maximum atomic E-state index is 13.1. The van der Waals surface area contributed by atoms with Gasteiger partial charge in [-0.3, -0.25) is 14.5 Å². The maximum Gasteiger partial charge on any atom is 0.300 e. The number of aliphatic hydroxyl groups excluding tert-OH is 1. The molecule has 1 unspecified atom stereocenters. The van der Waals surface area contributed by atoms with Crippen molar-refractivity contribution < 1.29 is 24.5 Å². The summed E-state index contributed by atoms with van der Waals surface area (Å²) in [6.45, 7) is 0. The normalized spacial score (nSPS) is 17.7. The zero-order valence-electron chi connectivity index (χ0n) is 16.4. The lowest BCUT2D eigenvalue weighted by Crippen LogP contribution is -2.29. The highest BCUT2D eigenvalue weighted by Crippen LogP contribution is 2.44. The van der Waals surface area contributed by atoms with Gasteiger partial charge in [0.25, 0.3) is 11.7 Å². The van der Waals surface area contributed by atoms with Crippen molar-refractivity contribution in [1.29, 1.82) is 0 Å². The minimum atomic E-state index is -0.953. The van der Waals surface area contributed by atoms with Crippen LogP contribution in [0.25, 0.3) is 5.76 Å². The number of phenolic OH excluding ortho intramolecular Hbond substituents is 1. The number of amides is 1. The number of carbonyl (C=O) groups excluding carboxylic acids is 2. The Morgan fingerprint density at radius 3 is 2.42 bits per heavy atom. The predicted octanol–water partition coefficient (Wildman–Crippen LogP) is 4.68. The van der Waals surface area contributed by atoms with Gasteiger partial charge in [-0.05, 0) is 29.8 Å². The predicted molar refractivity (Wildman–Crippen MR) is 117 cm³/mol. The van der Waals surface area contributed by atoms with Crippen LogP contribution in [-0.4, -0.2) is 29.0 Å². The third kappa shape index (κ3) is 3.62. The van der Waals surface area contributed by atoms with Crippen molar-refractivity contribution in [2.24, 2.45) is 0 Å². The molecule has 4 rings (SSSR count). The Bertz CT molecular complexity index is 1210. The first-order chi connectivity index (χ1) is 14.9. The Labute approximate surface area is 183 Å². The first kappa shape index (κ1) is 20.5. The van der Waals surface area contributed by atoms with Gasteiger partial charge in [-0.15, -0.1) is 0 Å². The second-order valence-corrected chi connectivity index (χ2v) is 7.35. The average molecular weight is 436 g/mol. The van der Waals surface area contributed by atoms with Crippen LogP contribution in [0.15, 0.2) is 78.4 Å². The van der Waals surface area contributed by atoms with Gasteiger partial charge in [0.05, 0.1) is 23.7 Å². The molecular formula is C24H18ClNO5. The minimum Gasteiger partial charge on any atom is -0.507 e. The third-order valence-corrected chi connectivity index (χ3v) is 5.41. The molecule has 0 radical (unpaired) electrons. The summed E-state index contributed by atoms with van der Waals surface area (Å²) < 4.78 is 5.26. The molecule has 1 amide bonds. The second kappa shape index (κ2) is 8.16. The van der Waals surface area contributed by atoms with Gasteiger partial charge in [-0.2, -0.15) is 0 Å². The van der Waals surface area contributed by atoms with Gasteiger partial charge in [-0.1, -0.05) is 54.1 Å². The Morgan fingerprint density at radius 2 is 1.74 bits per heavy atom. The fourth-order valence-corrected chi connectivity index (χ4v) is 3.81. The number of aromatic hydroxyl groups is 1. The SMILES string of the molecule is COc1cccc(N2C(=O)C(=O)/C(=C(\O)c3ccccc3)C2c2ccc(O)c(Cl)c2)c1. The molecule has 3 aromatic carbocycles. The zero-order chi connectivity index (χ0) is 22.1. The Balaban J connectivity index is 1.97. The monoisotopic (exact) mass is 435 g/mol. The number of benzene rings is 3. The molecule has 3 aromatic rings. The molecule has 0 saturated carbocycles. The van der Waals surface area contributed by atoms with Crippen molar-refractivity contribution >= 4 is 34.7 Å². The molecule has 0 aromatic heterocycles. The highest BCUT2D eigenvalue weighted by Gasteiger charge is 2.47. The van der Waals surface area contributed by atoms with Crippen molar-refractivity contribution in [3.63, 3.8) is 0 Å². The van der Waals surface area contributed by atoms with Crippen LogP contribution >= 0.6 is 11.6 Å². The maximum absolute atomic E-state index is 13.1. The van der Waals surface area contributed by atoms with Crippen molar-refractivity contribution in [3.8, 4) is 11.5 Å². The van der Waals surface area contributed by atoms with Crippen LogP contribution in [0.3, 0.4) is 0 Å². The van der Waals surface area contributed by atoms with E-state index in [1.807, 2.05) is 0 Å². The Kier molecular flexibility index (Phi) is 5.40. The summed E-state index contributed by atoms with van der Waals surface area (Å²) in [5.74, 6) is -1.53. The van der Waals surface area contributed by atoms with Crippen LogP contribution in [0.2, 0.25) is 5.02 Å². The van der Waals surface area contributed by atoms with Crippen molar-refractivity contribution in [3.05, 3.63) is 94.5 Å². The Hall–Kier alpha value is -3.77. The van der Waals surface area contributed by atoms with Gasteiger partial charge in [0.2, 0.25) is 0 Å². The van der Waals surface area contributed by atoms with E-state index >= 15 is 0 Å². The van der Waals surface area contributed by atoms with E-state index in [-0.39, 0.29) is 22.1 Å². The van der Waals surface area contributed by atoms with Gasteiger partial charge >= 0.3 is 0 Å². The number of Topliss-reactive ketones (excluding diaryl/α,β-unsaturated/α-hetero) is 1. The second-order valence-electron chi connectivity index (χ2n) is 6.95. The van der Waals surface area contributed by atoms with Crippen molar-refractivity contribution in [1.82, 2.24) is 0 Å². The summed E-state index contributed by atoms with van der Waals surface area (Å²) in [6, 6.07) is 18.7. The molecule has 1 saturated heterocycles. The van der Waals surface area contributed by atoms with Gasteiger partial charge < -0.3 is 14.9 Å². The number of anilines is 1. The fourth-order valence-electron chi connectivity index (χ4n) is 3.62. The van der Waals surface area contributed by atoms with Crippen LogP contribution < -0.4 is 9.64 Å². The third-order valence-electron chi connectivity index (χ3n) is 5.11. The van der Waals surface area contributed by atoms with Gasteiger partial charge in [-0.25, -0.2) is 0 Å². The molecule has 1 aliphatic rings. The number of carbonyl (C=O) groups is 2. The van der Waals surface area contributed by atoms with E-state index < -0.39 is 17.7 Å². The van der Waals surface area contributed by atoms with Gasteiger partial charge in [0, 0.05) is 17.3 Å². The van der Waals surface area contributed by atoms with E-state index in [0.717, 1.165) is 0 Å².